The average Bonchev–Trinajstić information content (AvgIpc) is 3.60. The van der Waals surface area contributed by atoms with Crippen LogP contribution in [0.2, 0.25) is 0 Å². The standard InChI is InChI=1S/C31H26N6O3/c38-29(24-9-13-33-28-23(24)8-12-32-28)36-27-22-5-2-1-4-21(22)26-20(6-3-7-25(26)27)19-16-34-31(35-17-19)37-14-10-18(11-15-37)30(39)40/h1-9,12-13,16-18,27H,10-11,14-15H2,(H,32,33)(H,36,38)(H,39,40). The van der Waals surface area contributed by atoms with Crippen molar-refractivity contribution in [1.82, 2.24) is 25.3 Å². The predicted octanol–water partition coefficient (Wildman–Crippen LogP) is 4.82. The molecule has 1 aliphatic heterocycles. The number of piperidine rings is 1. The van der Waals surface area contributed by atoms with Crippen molar-refractivity contribution in [2.24, 2.45) is 5.92 Å². The number of pyridine rings is 1. The number of fused-ring (bicyclic) bond motifs is 4. The van der Waals surface area contributed by atoms with Gasteiger partial charge in [0.2, 0.25) is 5.95 Å². The van der Waals surface area contributed by atoms with Crippen LogP contribution in [0.25, 0.3) is 33.3 Å². The van der Waals surface area contributed by atoms with Crippen molar-refractivity contribution >= 4 is 28.9 Å². The molecule has 198 valence electrons. The van der Waals surface area contributed by atoms with Crippen molar-refractivity contribution in [3.05, 3.63) is 96.1 Å². The zero-order valence-corrected chi connectivity index (χ0v) is 21.5. The van der Waals surface area contributed by atoms with E-state index in [1.807, 2.05) is 41.6 Å². The normalized spacial score (nSPS) is 16.5. The highest BCUT2D eigenvalue weighted by Gasteiger charge is 2.32. The Morgan fingerprint density at radius 3 is 2.45 bits per heavy atom. The molecule has 0 radical (unpaired) electrons. The van der Waals surface area contributed by atoms with Gasteiger partial charge in [-0.05, 0) is 52.8 Å². The van der Waals surface area contributed by atoms with Gasteiger partial charge >= 0.3 is 5.97 Å². The Hall–Kier alpha value is -5.05. The first-order valence-electron chi connectivity index (χ1n) is 13.3. The summed E-state index contributed by atoms with van der Waals surface area (Å²) in [7, 11) is 0. The topological polar surface area (TPSA) is 124 Å². The Kier molecular flexibility index (Phi) is 5.77. The van der Waals surface area contributed by atoms with E-state index >= 15 is 0 Å². The Balaban J connectivity index is 1.21. The number of hydrogen-bond donors (Lipinski definition) is 3. The number of nitrogens with zero attached hydrogens (tertiary/aromatic N) is 4. The maximum atomic E-state index is 13.5. The molecule has 4 heterocycles. The molecule has 7 rings (SSSR count). The number of carboxylic acids is 1. The minimum atomic E-state index is -0.734. The molecule has 0 spiro atoms. The van der Waals surface area contributed by atoms with Crippen LogP contribution in [0.4, 0.5) is 5.95 Å². The number of benzene rings is 2. The van der Waals surface area contributed by atoms with E-state index in [-0.39, 0.29) is 17.9 Å². The molecule has 1 fully saturated rings. The highest BCUT2D eigenvalue weighted by molar-refractivity contribution is 6.06. The van der Waals surface area contributed by atoms with Gasteiger partial charge in [-0.3, -0.25) is 9.59 Å². The molecule has 1 atom stereocenters. The van der Waals surface area contributed by atoms with E-state index in [4.69, 9.17) is 0 Å². The summed E-state index contributed by atoms with van der Waals surface area (Å²) < 4.78 is 0. The number of aliphatic carboxylic acids is 1. The van der Waals surface area contributed by atoms with E-state index in [1.54, 1.807) is 18.5 Å². The summed E-state index contributed by atoms with van der Waals surface area (Å²) in [6.07, 6.45) is 8.26. The zero-order valence-electron chi connectivity index (χ0n) is 21.5. The van der Waals surface area contributed by atoms with Crippen molar-refractivity contribution in [3.63, 3.8) is 0 Å². The molecule has 1 unspecified atom stereocenters. The lowest BCUT2D eigenvalue weighted by Gasteiger charge is -2.30. The third kappa shape index (κ3) is 3.98. The van der Waals surface area contributed by atoms with E-state index in [2.05, 4.69) is 49.5 Å². The van der Waals surface area contributed by atoms with Gasteiger partial charge in [0.15, 0.2) is 0 Å². The van der Waals surface area contributed by atoms with Crippen molar-refractivity contribution in [3.8, 4) is 22.3 Å². The van der Waals surface area contributed by atoms with E-state index in [0.717, 1.165) is 38.8 Å². The minimum absolute atomic E-state index is 0.163. The van der Waals surface area contributed by atoms with Gasteiger partial charge in [-0.2, -0.15) is 0 Å². The van der Waals surface area contributed by atoms with Crippen molar-refractivity contribution in [2.45, 2.75) is 18.9 Å². The van der Waals surface area contributed by atoms with Crippen LogP contribution in [0.15, 0.2) is 79.4 Å². The Morgan fingerprint density at radius 2 is 1.65 bits per heavy atom. The van der Waals surface area contributed by atoms with Crippen LogP contribution in [-0.2, 0) is 4.79 Å². The molecule has 5 aromatic rings. The lowest BCUT2D eigenvalue weighted by atomic mass is 9.95. The Labute approximate surface area is 229 Å². The van der Waals surface area contributed by atoms with Gasteiger partial charge in [0.05, 0.1) is 17.5 Å². The molecule has 9 nitrogen and oxygen atoms in total. The molecular weight excluding hydrogens is 504 g/mol. The van der Waals surface area contributed by atoms with Gasteiger partial charge < -0.3 is 20.3 Å². The minimum Gasteiger partial charge on any atom is -0.481 e. The van der Waals surface area contributed by atoms with Crippen LogP contribution in [0.5, 0.6) is 0 Å². The summed E-state index contributed by atoms with van der Waals surface area (Å²) in [5.41, 5.74) is 7.31. The third-order valence-corrected chi connectivity index (χ3v) is 8.01. The van der Waals surface area contributed by atoms with E-state index < -0.39 is 5.97 Å². The number of anilines is 1. The first-order chi connectivity index (χ1) is 19.6. The molecule has 0 bridgehead atoms. The quantitative estimate of drug-likeness (QED) is 0.298. The molecule has 40 heavy (non-hydrogen) atoms. The molecule has 2 aromatic carbocycles. The van der Waals surface area contributed by atoms with Crippen LogP contribution in [-0.4, -0.2) is 50.0 Å². The second-order valence-corrected chi connectivity index (χ2v) is 10.2. The summed E-state index contributed by atoms with van der Waals surface area (Å²) in [6.45, 7) is 1.25. The average molecular weight is 531 g/mol. The summed E-state index contributed by atoms with van der Waals surface area (Å²) in [5.74, 6) is -0.589. The fourth-order valence-corrected chi connectivity index (χ4v) is 5.97. The fourth-order valence-electron chi connectivity index (χ4n) is 5.97. The van der Waals surface area contributed by atoms with Crippen LogP contribution in [0.3, 0.4) is 0 Å². The van der Waals surface area contributed by atoms with E-state index in [0.29, 0.717) is 43.1 Å². The van der Waals surface area contributed by atoms with Gasteiger partial charge in [0, 0.05) is 48.8 Å². The molecule has 3 aromatic heterocycles. The first-order valence-corrected chi connectivity index (χ1v) is 13.3. The largest absolute Gasteiger partial charge is 0.481 e. The smallest absolute Gasteiger partial charge is 0.306 e. The number of H-pyrrole nitrogens is 1. The number of nitrogens with one attached hydrogen (secondary N) is 2. The summed E-state index contributed by atoms with van der Waals surface area (Å²) in [5, 5.41) is 13.3. The molecule has 1 saturated heterocycles. The molecular formula is C31H26N6O3. The lowest BCUT2D eigenvalue weighted by molar-refractivity contribution is -0.142. The van der Waals surface area contributed by atoms with Gasteiger partial charge in [-0.1, -0.05) is 42.5 Å². The number of carbonyl (C=O) groups is 2. The van der Waals surface area contributed by atoms with E-state index in [9.17, 15) is 14.7 Å². The van der Waals surface area contributed by atoms with E-state index in [1.165, 1.54) is 0 Å². The number of aromatic amines is 1. The maximum Gasteiger partial charge on any atom is 0.306 e. The lowest BCUT2D eigenvalue weighted by Crippen LogP contribution is -2.37. The molecule has 3 N–H and O–H groups in total. The zero-order chi connectivity index (χ0) is 27.2. The Morgan fingerprint density at radius 1 is 0.900 bits per heavy atom. The molecule has 2 aliphatic rings. The van der Waals surface area contributed by atoms with Crippen molar-refractivity contribution < 1.29 is 14.7 Å². The third-order valence-electron chi connectivity index (χ3n) is 8.01. The van der Waals surface area contributed by atoms with Crippen LogP contribution in [0, 0.1) is 5.92 Å². The molecule has 0 saturated carbocycles. The number of rotatable bonds is 5. The second kappa shape index (κ2) is 9.60. The van der Waals surface area contributed by atoms with Crippen LogP contribution in [0.1, 0.15) is 40.4 Å². The Bertz CT molecular complexity index is 1760. The van der Waals surface area contributed by atoms with Gasteiger partial charge in [-0.25, -0.2) is 15.0 Å². The number of carboxylic acid groups (broad SMARTS) is 1. The monoisotopic (exact) mass is 530 g/mol. The highest BCUT2D eigenvalue weighted by atomic mass is 16.4. The molecule has 1 aliphatic carbocycles. The highest BCUT2D eigenvalue weighted by Crippen LogP contribution is 2.48. The fraction of sp³-hybridized carbons (Fsp3) is 0.194. The maximum absolute atomic E-state index is 13.5. The van der Waals surface area contributed by atoms with Gasteiger partial charge in [-0.15, -0.1) is 0 Å². The molecule has 1 amide bonds. The number of hydrogen-bond acceptors (Lipinski definition) is 6. The second-order valence-electron chi connectivity index (χ2n) is 10.2. The van der Waals surface area contributed by atoms with Crippen molar-refractivity contribution in [1.29, 1.82) is 0 Å². The SMILES string of the molecule is O=C(NC1c2ccccc2-c2c(-c3cnc(N4CCC(C(=O)O)CC4)nc3)cccc21)c1ccnc2[nH]ccc12. The summed E-state index contributed by atoms with van der Waals surface area (Å²) >= 11 is 0. The number of aromatic nitrogens is 4. The van der Waals surface area contributed by atoms with Crippen molar-refractivity contribution in [2.75, 3.05) is 18.0 Å². The summed E-state index contributed by atoms with van der Waals surface area (Å²) in [6, 6.07) is 17.6. The van der Waals surface area contributed by atoms with Gasteiger partial charge in [0.1, 0.15) is 5.65 Å². The molecule has 9 heteroatoms. The first kappa shape index (κ1) is 24.0. The van der Waals surface area contributed by atoms with Crippen LogP contribution >= 0.6 is 0 Å². The number of amides is 1. The predicted molar refractivity (Wildman–Crippen MR) is 151 cm³/mol. The van der Waals surface area contributed by atoms with Crippen LogP contribution < -0.4 is 10.2 Å². The summed E-state index contributed by atoms with van der Waals surface area (Å²) in [4.78, 5) is 43.5. The number of carbonyl (C=O) groups excluding carboxylic acids is 1. The van der Waals surface area contributed by atoms with Gasteiger partial charge in [0.25, 0.3) is 5.91 Å².